The van der Waals surface area contributed by atoms with E-state index in [0.717, 1.165) is 16.4 Å². The molecule has 2 nitrogen and oxygen atoms in total. The molecule has 1 heterocycles. The lowest BCUT2D eigenvalue weighted by Gasteiger charge is -2.36. The van der Waals surface area contributed by atoms with Gasteiger partial charge in [-0.05, 0) is 30.4 Å². The highest BCUT2D eigenvalue weighted by Gasteiger charge is 2.63. The molecule has 2 bridgehead atoms. The van der Waals surface area contributed by atoms with Crippen molar-refractivity contribution in [2.45, 2.75) is 38.0 Å². The zero-order chi connectivity index (χ0) is 13.3. The molecule has 1 fully saturated rings. The van der Waals surface area contributed by atoms with Crippen molar-refractivity contribution in [1.82, 2.24) is 9.97 Å². The van der Waals surface area contributed by atoms with E-state index in [1.165, 1.54) is 24.2 Å². The van der Waals surface area contributed by atoms with E-state index in [1.807, 2.05) is 12.1 Å². The third-order valence-corrected chi connectivity index (χ3v) is 6.53. The highest BCUT2D eigenvalue weighted by Crippen LogP contribution is 2.67. The average molecular weight is 317 g/mol. The minimum absolute atomic E-state index is 0.171. The maximum Gasteiger partial charge on any atom is 0.0890 e. The summed E-state index contributed by atoms with van der Waals surface area (Å²) in [7, 11) is 0. The lowest BCUT2D eigenvalue weighted by Crippen LogP contribution is -2.37. The topological polar surface area (TPSA) is 25.8 Å². The molecule has 98 valence electrons. The second-order valence-corrected chi connectivity index (χ2v) is 7.04. The van der Waals surface area contributed by atoms with Gasteiger partial charge in [-0.15, -0.1) is 0 Å². The molecule has 2 aliphatic rings. The zero-order valence-electron chi connectivity index (χ0n) is 11.3. The van der Waals surface area contributed by atoms with Crippen molar-refractivity contribution in [1.29, 1.82) is 0 Å². The number of halogens is 1. The van der Waals surface area contributed by atoms with Gasteiger partial charge in [0.05, 0.1) is 22.4 Å². The van der Waals surface area contributed by atoms with Crippen molar-refractivity contribution in [3.05, 3.63) is 35.7 Å². The van der Waals surface area contributed by atoms with Crippen molar-refractivity contribution in [3.8, 4) is 0 Å². The second kappa shape index (κ2) is 3.57. The largest absolute Gasteiger partial charge is 0.249 e. The van der Waals surface area contributed by atoms with E-state index in [-0.39, 0.29) is 10.8 Å². The van der Waals surface area contributed by atoms with Crippen molar-refractivity contribution >= 4 is 27.0 Å². The highest BCUT2D eigenvalue weighted by molar-refractivity contribution is 9.09. The molecular weight excluding hydrogens is 300 g/mol. The molecule has 0 spiro atoms. The zero-order valence-corrected chi connectivity index (χ0v) is 12.9. The normalized spacial score (nSPS) is 30.8. The van der Waals surface area contributed by atoms with E-state index >= 15 is 0 Å². The number of nitrogens with zero attached hydrogens (tertiary/aromatic N) is 2. The molecule has 1 aromatic carbocycles. The summed E-state index contributed by atoms with van der Waals surface area (Å²) in [5, 5.41) is 0.990. The van der Waals surface area contributed by atoms with E-state index in [0.29, 0.717) is 5.92 Å². The highest BCUT2D eigenvalue weighted by atomic mass is 79.9. The number of alkyl halides is 1. The molecule has 0 N–H and O–H groups in total. The Morgan fingerprint density at radius 1 is 1.21 bits per heavy atom. The molecule has 2 atom stereocenters. The first-order chi connectivity index (χ1) is 9.10. The number of benzene rings is 1. The van der Waals surface area contributed by atoms with Gasteiger partial charge in [0.1, 0.15) is 0 Å². The standard InChI is InChI=1S/C16H17BrN2/c1-15(2)10-7-8-16(15,9-17)14-13(10)18-11-5-3-4-6-12(11)19-14/h3-6,10H,7-9H2,1-2H3/t10-,16+/m1/s1. The Kier molecular flexibility index (Phi) is 2.22. The quantitative estimate of drug-likeness (QED) is 0.738. The van der Waals surface area contributed by atoms with Gasteiger partial charge >= 0.3 is 0 Å². The van der Waals surface area contributed by atoms with Crippen LogP contribution in [-0.4, -0.2) is 15.3 Å². The summed E-state index contributed by atoms with van der Waals surface area (Å²) in [6.07, 6.45) is 2.48. The van der Waals surface area contributed by atoms with E-state index < -0.39 is 0 Å². The van der Waals surface area contributed by atoms with Gasteiger partial charge in [0.2, 0.25) is 0 Å². The Hall–Kier alpha value is -0.960. The molecule has 4 rings (SSSR count). The van der Waals surface area contributed by atoms with Crippen LogP contribution in [-0.2, 0) is 5.41 Å². The Bertz CT molecular complexity index is 680. The lowest BCUT2D eigenvalue weighted by molar-refractivity contribution is 0.233. The van der Waals surface area contributed by atoms with Crippen molar-refractivity contribution in [3.63, 3.8) is 0 Å². The van der Waals surface area contributed by atoms with E-state index in [4.69, 9.17) is 9.97 Å². The van der Waals surface area contributed by atoms with Crippen LogP contribution >= 0.6 is 15.9 Å². The number of para-hydroxylation sites is 2. The van der Waals surface area contributed by atoms with Gasteiger partial charge in [-0.2, -0.15) is 0 Å². The third-order valence-electron chi connectivity index (χ3n) is 5.57. The third kappa shape index (κ3) is 1.23. The van der Waals surface area contributed by atoms with E-state index in [1.54, 1.807) is 0 Å². The molecule has 19 heavy (non-hydrogen) atoms. The fraction of sp³-hybridized carbons (Fsp3) is 0.500. The van der Waals surface area contributed by atoms with Gasteiger partial charge < -0.3 is 0 Å². The van der Waals surface area contributed by atoms with Crippen LogP contribution in [0.1, 0.15) is 44.0 Å². The average Bonchev–Trinajstić information content (AvgIpc) is 2.78. The Morgan fingerprint density at radius 3 is 2.58 bits per heavy atom. The Balaban J connectivity index is 2.07. The predicted octanol–water partition coefficient (Wildman–Crippen LogP) is 4.18. The van der Waals surface area contributed by atoms with Gasteiger partial charge in [0, 0.05) is 16.7 Å². The second-order valence-electron chi connectivity index (χ2n) is 6.47. The monoisotopic (exact) mass is 316 g/mol. The van der Waals surface area contributed by atoms with Crippen molar-refractivity contribution in [2.24, 2.45) is 5.41 Å². The van der Waals surface area contributed by atoms with Crippen LogP contribution in [0.2, 0.25) is 0 Å². The van der Waals surface area contributed by atoms with Crippen LogP contribution in [0.15, 0.2) is 24.3 Å². The maximum atomic E-state index is 4.98. The fourth-order valence-corrected chi connectivity index (χ4v) is 5.49. The molecule has 0 amide bonds. The van der Waals surface area contributed by atoms with Gasteiger partial charge in [0.25, 0.3) is 0 Å². The number of rotatable bonds is 1. The first kappa shape index (κ1) is 11.8. The molecule has 0 unspecified atom stereocenters. The van der Waals surface area contributed by atoms with Crippen LogP contribution in [0.25, 0.3) is 11.0 Å². The number of hydrogen-bond donors (Lipinski definition) is 0. The SMILES string of the molecule is CC1(C)[C@@H]2CC[C@]1(CBr)c1nc3ccccc3nc12. The summed E-state index contributed by atoms with van der Waals surface area (Å²) in [6, 6.07) is 8.23. The smallest absolute Gasteiger partial charge is 0.0890 e. The number of aromatic nitrogens is 2. The summed E-state index contributed by atoms with van der Waals surface area (Å²) in [5.41, 5.74) is 5.01. The van der Waals surface area contributed by atoms with Crippen molar-refractivity contribution in [2.75, 3.05) is 5.33 Å². The molecule has 0 radical (unpaired) electrons. The first-order valence-electron chi connectivity index (χ1n) is 6.93. The molecule has 1 saturated carbocycles. The minimum Gasteiger partial charge on any atom is -0.249 e. The summed E-state index contributed by atoms with van der Waals surface area (Å²) < 4.78 is 0. The van der Waals surface area contributed by atoms with E-state index in [9.17, 15) is 0 Å². The Morgan fingerprint density at radius 2 is 1.89 bits per heavy atom. The molecular formula is C16H17BrN2. The van der Waals surface area contributed by atoms with E-state index in [2.05, 4.69) is 41.9 Å². The number of hydrogen-bond acceptors (Lipinski definition) is 2. The molecule has 1 aromatic heterocycles. The van der Waals surface area contributed by atoms with Crippen molar-refractivity contribution < 1.29 is 0 Å². The summed E-state index contributed by atoms with van der Waals surface area (Å²) in [5.74, 6) is 0.567. The minimum atomic E-state index is 0.171. The van der Waals surface area contributed by atoms with Gasteiger partial charge in [-0.25, -0.2) is 9.97 Å². The molecule has 2 aliphatic carbocycles. The molecule has 3 heteroatoms. The van der Waals surface area contributed by atoms with Gasteiger partial charge in [0.15, 0.2) is 0 Å². The number of fused-ring (bicyclic) bond motifs is 6. The lowest BCUT2D eigenvalue weighted by atomic mass is 9.70. The summed E-state index contributed by atoms with van der Waals surface area (Å²) >= 11 is 3.76. The predicted molar refractivity (Wildman–Crippen MR) is 80.8 cm³/mol. The molecule has 0 saturated heterocycles. The maximum absolute atomic E-state index is 4.98. The van der Waals surface area contributed by atoms with Crippen LogP contribution in [0.5, 0.6) is 0 Å². The van der Waals surface area contributed by atoms with Crippen LogP contribution in [0.3, 0.4) is 0 Å². The first-order valence-corrected chi connectivity index (χ1v) is 8.05. The fourth-order valence-electron chi connectivity index (χ4n) is 4.22. The van der Waals surface area contributed by atoms with Gasteiger partial charge in [-0.3, -0.25) is 0 Å². The molecule has 0 aliphatic heterocycles. The van der Waals surface area contributed by atoms with Crippen LogP contribution in [0, 0.1) is 5.41 Å². The van der Waals surface area contributed by atoms with Crippen LogP contribution in [0.4, 0.5) is 0 Å². The summed E-state index contributed by atoms with van der Waals surface area (Å²) in [6.45, 7) is 4.78. The summed E-state index contributed by atoms with van der Waals surface area (Å²) in [4.78, 5) is 9.93. The molecule has 2 aromatic rings. The Labute approximate surface area is 121 Å². The van der Waals surface area contributed by atoms with Gasteiger partial charge in [-0.1, -0.05) is 41.9 Å². The van der Waals surface area contributed by atoms with Crippen LogP contribution < -0.4 is 0 Å².